The third-order valence-electron chi connectivity index (χ3n) is 2.51. The molecule has 0 heterocycles. The molecule has 96 valence electrons. The van der Waals surface area contributed by atoms with Crippen LogP contribution >= 0.6 is 7.14 Å². The molecule has 0 amide bonds. The molecule has 0 spiro atoms. The first kappa shape index (κ1) is 14.3. The van der Waals surface area contributed by atoms with Gasteiger partial charge in [0.2, 0.25) is 0 Å². The van der Waals surface area contributed by atoms with E-state index in [4.69, 9.17) is 4.18 Å². The molecule has 0 aliphatic rings. The fourth-order valence-corrected chi connectivity index (χ4v) is 6.17. The van der Waals surface area contributed by atoms with Crippen molar-refractivity contribution < 1.29 is 17.2 Å². The summed E-state index contributed by atoms with van der Waals surface area (Å²) in [7, 11) is -6.43. The molecule has 6 heteroatoms. The summed E-state index contributed by atoms with van der Waals surface area (Å²) in [4.78, 5) is 0. The second kappa shape index (κ2) is 5.69. The lowest BCUT2D eigenvalue weighted by molar-refractivity contribution is 0.490. The third kappa shape index (κ3) is 4.52. The molecule has 0 aliphatic heterocycles. The molecule has 0 bridgehead atoms. The minimum absolute atomic E-state index is 0.256. The zero-order valence-electron chi connectivity index (χ0n) is 10.00. The van der Waals surface area contributed by atoms with Crippen LogP contribution in [0.4, 0.5) is 0 Å². The molecular formula is C11H17O4PS. The Morgan fingerprint density at radius 2 is 1.65 bits per heavy atom. The van der Waals surface area contributed by atoms with Crippen molar-refractivity contribution in [2.45, 2.75) is 13.8 Å². The molecule has 4 nitrogen and oxygen atoms in total. The first-order valence-electron chi connectivity index (χ1n) is 5.45. The maximum Gasteiger partial charge on any atom is 0.316 e. The van der Waals surface area contributed by atoms with Crippen molar-refractivity contribution in [3.63, 3.8) is 0 Å². The van der Waals surface area contributed by atoms with Gasteiger partial charge < -0.3 is 8.75 Å². The molecule has 0 N–H and O–H groups in total. The average molecular weight is 276 g/mol. The minimum Gasteiger partial charge on any atom is -0.382 e. The Hall–Kier alpha value is -0.800. The lowest BCUT2D eigenvalue weighted by atomic mass is 10.3. The van der Waals surface area contributed by atoms with E-state index in [1.807, 2.05) is 0 Å². The van der Waals surface area contributed by atoms with E-state index in [1.54, 1.807) is 44.2 Å². The Morgan fingerprint density at radius 3 is 2.12 bits per heavy atom. The summed E-state index contributed by atoms with van der Waals surface area (Å²) in [6.45, 7) is 3.48. The van der Waals surface area contributed by atoms with Crippen LogP contribution in [0.15, 0.2) is 30.3 Å². The van der Waals surface area contributed by atoms with Gasteiger partial charge in [-0.25, -0.2) is 0 Å². The molecule has 1 aromatic rings. The van der Waals surface area contributed by atoms with E-state index in [2.05, 4.69) is 0 Å². The van der Waals surface area contributed by atoms with Crippen LogP contribution in [-0.4, -0.2) is 26.2 Å². The van der Waals surface area contributed by atoms with Crippen LogP contribution in [0.25, 0.3) is 0 Å². The fraction of sp³-hybridized carbons (Fsp3) is 0.455. The Balaban J connectivity index is 2.81. The molecule has 0 atom stereocenters. The summed E-state index contributed by atoms with van der Waals surface area (Å²) >= 11 is 0. The van der Waals surface area contributed by atoms with E-state index in [0.717, 1.165) is 0 Å². The van der Waals surface area contributed by atoms with Crippen molar-refractivity contribution in [2.24, 2.45) is 0 Å². The van der Waals surface area contributed by atoms with Gasteiger partial charge in [0.05, 0.1) is 0 Å². The van der Waals surface area contributed by atoms with Crippen LogP contribution in [0, 0.1) is 0 Å². The Bertz CT molecular complexity index is 487. The van der Waals surface area contributed by atoms with Crippen LogP contribution in [0.2, 0.25) is 0 Å². The van der Waals surface area contributed by atoms with Crippen molar-refractivity contribution in [1.29, 1.82) is 0 Å². The topological polar surface area (TPSA) is 60.4 Å². The first-order chi connectivity index (χ1) is 7.91. The molecule has 0 unspecified atom stereocenters. The average Bonchev–Trinajstić information content (AvgIpc) is 2.29. The van der Waals surface area contributed by atoms with Gasteiger partial charge in [-0.2, -0.15) is 8.42 Å². The van der Waals surface area contributed by atoms with E-state index >= 15 is 0 Å². The fourth-order valence-electron chi connectivity index (χ4n) is 1.34. The Morgan fingerprint density at radius 1 is 1.12 bits per heavy atom. The van der Waals surface area contributed by atoms with E-state index < -0.39 is 17.3 Å². The van der Waals surface area contributed by atoms with Gasteiger partial charge in [-0.3, -0.25) is 0 Å². The molecule has 0 saturated heterocycles. The highest BCUT2D eigenvalue weighted by Gasteiger charge is 2.27. The molecule has 0 aliphatic carbocycles. The Kier molecular flexibility index (Phi) is 4.78. The predicted molar refractivity (Wildman–Crippen MR) is 69.5 cm³/mol. The summed E-state index contributed by atoms with van der Waals surface area (Å²) in [6.07, 6.45) is 0.752. The van der Waals surface area contributed by atoms with Gasteiger partial charge in [-0.1, -0.05) is 32.0 Å². The molecule has 17 heavy (non-hydrogen) atoms. The van der Waals surface area contributed by atoms with Crippen LogP contribution < -0.4 is 4.18 Å². The predicted octanol–water partition coefficient (Wildman–Crippen LogP) is 2.76. The normalized spacial score (nSPS) is 12.4. The number of rotatable bonds is 6. The molecule has 1 rings (SSSR count). The van der Waals surface area contributed by atoms with E-state index in [0.29, 0.717) is 12.3 Å². The third-order valence-corrected chi connectivity index (χ3v) is 8.41. The maximum atomic E-state index is 12.1. The number of benzene rings is 1. The minimum atomic E-state index is -3.78. The first-order valence-corrected chi connectivity index (χ1v) is 9.29. The largest absolute Gasteiger partial charge is 0.382 e. The number of hydrogen-bond donors (Lipinski definition) is 0. The van der Waals surface area contributed by atoms with Gasteiger partial charge in [0.1, 0.15) is 18.4 Å². The maximum absolute atomic E-state index is 12.1. The molecule has 0 aromatic heterocycles. The van der Waals surface area contributed by atoms with E-state index in [9.17, 15) is 13.0 Å². The monoisotopic (exact) mass is 276 g/mol. The SMILES string of the molecule is CCP(=O)(CC)CS(=O)(=O)Oc1ccccc1. The van der Waals surface area contributed by atoms with Crippen molar-refractivity contribution >= 4 is 17.3 Å². The van der Waals surface area contributed by atoms with E-state index in [1.165, 1.54) is 0 Å². The standard InChI is InChI=1S/C11H17O4PS/c1-3-16(12,4-2)10-17(13,14)15-11-8-6-5-7-9-11/h5-9H,3-4,10H2,1-2H3. The van der Waals surface area contributed by atoms with Crippen LogP contribution in [-0.2, 0) is 14.7 Å². The van der Waals surface area contributed by atoms with Crippen LogP contribution in [0.5, 0.6) is 5.75 Å². The molecule has 1 aromatic carbocycles. The van der Waals surface area contributed by atoms with Crippen LogP contribution in [0.3, 0.4) is 0 Å². The zero-order valence-corrected chi connectivity index (χ0v) is 11.7. The van der Waals surface area contributed by atoms with Crippen molar-refractivity contribution in [2.75, 3.05) is 17.8 Å². The second-order valence-corrected chi connectivity index (χ2v) is 9.47. The summed E-state index contributed by atoms with van der Waals surface area (Å²) in [6, 6.07) is 8.25. The van der Waals surface area contributed by atoms with Crippen molar-refractivity contribution in [3.8, 4) is 5.75 Å². The Labute approximate surface area is 102 Å². The highest BCUT2D eigenvalue weighted by atomic mass is 32.2. The van der Waals surface area contributed by atoms with Crippen LogP contribution in [0.1, 0.15) is 13.8 Å². The molecule has 0 saturated carbocycles. The van der Waals surface area contributed by atoms with Gasteiger partial charge in [0.15, 0.2) is 0 Å². The highest BCUT2D eigenvalue weighted by Crippen LogP contribution is 2.45. The van der Waals surface area contributed by atoms with Gasteiger partial charge in [-0.05, 0) is 24.5 Å². The highest BCUT2D eigenvalue weighted by molar-refractivity contribution is 7.95. The quantitative estimate of drug-likeness (QED) is 0.592. The van der Waals surface area contributed by atoms with Gasteiger partial charge >= 0.3 is 10.1 Å². The van der Waals surface area contributed by atoms with Gasteiger partial charge in [-0.15, -0.1) is 0 Å². The zero-order chi connectivity index (χ0) is 12.9. The number of hydrogen-bond acceptors (Lipinski definition) is 4. The second-order valence-electron chi connectivity index (χ2n) is 3.77. The molecular weight excluding hydrogens is 259 g/mol. The van der Waals surface area contributed by atoms with Crippen molar-refractivity contribution in [3.05, 3.63) is 30.3 Å². The number of para-hydroxylation sites is 1. The summed E-state index contributed by atoms with van der Waals surface area (Å²) in [5.74, 6) is 0.256. The molecule has 0 fully saturated rings. The lowest BCUT2D eigenvalue weighted by Crippen LogP contribution is -2.15. The van der Waals surface area contributed by atoms with Gasteiger partial charge in [0.25, 0.3) is 0 Å². The van der Waals surface area contributed by atoms with Gasteiger partial charge in [0, 0.05) is 0 Å². The molecule has 0 radical (unpaired) electrons. The summed E-state index contributed by atoms with van der Waals surface area (Å²) in [5, 5.41) is 0. The lowest BCUT2D eigenvalue weighted by Gasteiger charge is -2.14. The van der Waals surface area contributed by atoms with E-state index in [-0.39, 0.29) is 11.2 Å². The van der Waals surface area contributed by atoms with Crippen molar-refractivity contribution in [1.82, 2.24) is 0 Å². The summed E-state index contributed by atoms with van der Waals surface area (Å²) in [5.41, 5.74) is -0.387. The smallest absolute Gasteiger partial charge is 0.316 e. The summed E-state index contributed by atoms with van der Waals surface area (Å²) < 4.78 is 40.5.